The summed E-state index contributed by atoms with van der Waals surface area (Å²) in [5.41, 5.74) is 0. The van der Waals surface area contributed by atoms with Gasteiger partial charge >= 0.3 is 14.1 Å². The first-order valence-corrected chi connectivity index (χ1v) is 16.1. The highest BCUT2D eigenvalue weighted by atomic mass is 32.2. The highest BCUT2D eigenvalue weighted by Gasteiger charge is 2.43. The Morgan fingerprint density at radius 1 is 0.412 bits per heavy atom. The van der Waals surface area contributed by atoms with E-state index < -0.39 is 14.1 Å². The maximum Gasteiger partial charge on any atom is 0.812 e. The van der Waals surface area contributed by atoms with Gasteiger partial charge in [-0.2, -0.15) is 0 Å². The molecule has 0 spiro atoms. The van der Waals surface area contributed by atoms with Crippen molar-refractivity contribution >= 4 is 115 Å². The molecule has 22 heteroatoms. The summed E-state index contributed by atoms with van der Waals surface area (Å²) in [6, 6.07) is 0. The van der Waals surface area contributed by atoms with Crippen LogP contribution in [-0.2, 0) is 28.5 Å². The van der Waals surface area contributed by atoms with E-state index >= 15 is 8.63 Å². The summed E-state index contributed by atoms with van der Waals surface area (Å²) in [5, 5.41) is 22.1. The molecule has 0 N–H and O–H groups in total. The molecular formula is C12H18B2F2N6O6S6-2. The van der Waals surface area contributed by atoms with Crippen molar-refractivity contribution in [1.82, 2.24) is 0 Å². The molecule has 34 heavy (non-hydrogen) atoms. The van der Waals surface area contributed by atoms with E-state index in [9.17, 15) is 0 Å². The van der Waals surface area contributed by atoms with Crippen LogP contribution in [0.5, 0.6) is 0 Å². The number of oxime groups is 6. The van der Waals surface area contributed by atoms with Gasteiger partial charge in [0.2, 0.25) is 0 Å². The molecule has 0 saturated heterocycles. The minimum atomic E-state index is -4.22. The van der Waals surface area contributed by atoms with E-state index in [2.05, 4.69) is 30.9 Å². The van der Waals surface area contributed by atoms with Crippen LogP contribution >= 0.6 is 70.6 Å². The molecule has 0 aromatic rings. The SMILES string of the molecule is CSC1=NO[B-]2(F)O/N=C(SC)/C(SC)=N/O[B-](F)(O/N=C/1SC)O/N=C(SC)/C(SC)=N/O2. The fourth-order valence-corrected chi connectivity index (χ4v) is 5.24. The maximum atomic E-state index is 15.6. The van der Waals surface area contributed by atoms with E-state index in [0.717, 1.165) is 70.6 Å². The molecule has 3 heterocycles. The van der Waals surface area contributed by atoms with Gasteiger partial charge in [-0.1, -0.05) is 0 Å². The molecule has 3 aliphatic heterocycles. The molecule has 0 unspecified atom stereocenters. The predicted molar refractivity (Wildman–Crippen MR) is 146 cm³/mol. The first-order valence-electron chi connectivity index (χ1n) is 8.71. The van der Waals surface area contributed by atoms with Crippen molar-refractivity contribution in [2.45, 2.75) is 0 Å². The zero-order valence-corrected chi connectivity index (χ0v) is 23.4. The highest BCUT2D eigenvalue weighted by molar-refractivity contribution is 8.25. The number of halogens is 2. The van der Waals surface area contributed by atoms with Crippen molar-refractivity contribution < 1.29 is 37.2 Å². The van der Waals surface area contributed by atoms with Crippen molar-refractivity contribution in [1.29, 1.82) is 0 Å². The van der Waals surface area contributed by atoms with E-state index in [1.807, 2.05) is 0 Å². The summed E-state index contributed by atoms with van der Waals surface area (Å²) in [7, 11) is -8.43. The zero-order valence-electron chi connectivity index (χ0n) is 18.5. The van der Waals surface area contributed by atoms with Gasteiger partial charge in [-0.05, 0) is 37.5 Å². The normalized spacial score (nSPS) is 33.8. The van der Waals surface area contributed by atoms with Crippen molar-refractivity contribution in [3.63, 3.8) is 0 Å². The van der Waals surface area contributed by atoms with Gasteiger partial charge in [0.1, 0.15) is 0 Å². The molecule has 0 aliphatic carbocycles. The smallest absolute Gasteiger partial charge is 0.509 e. The lowest BCUT2D eigenvalue weighted by atomic mass is 10.2. The number of hydrogen-bond acceptors (Lipinski definition) is 18. The minimum Gasteiger partial charge on any atom is -0.509 e. The molecule has 0 amide bonds. The van der Waals surface area contributed by atoms with Crippen LogP contribution in [0.1, 0.15) is 0 Å². The quantitative estimate of drug-likeness (QED) is 0.376. The second-order valence-electron chi connectivity index (χ2n) is 5.35. The standard InChI is InChI=1S/C12H18B2F2N6O6S6/c1-29-7-8(30-2)18-24-14(16)27-21-11(33-5)9(31-3)19-25-13(15,23-17-7)26-20-10(32-4)12(34-6)22-28-14/h1-6H3/q-2/b17-7-,18-8-,19-9-,20-10-,21-11-,22-12?. The largest absolute Gasteiger partial charge is 0.812 e. The Morgan fingerprint density at radius 2 is 0.559 bits per heavy atom. The topological polar surface area (TPSA) is 130 Å². The van der Waals surface area contributed by atoms with E-state index in [4.69, 9.17) is 28.5 Å². The Hall–Kier alpha value is -1.09. The third-order valence-electron chi connectivity index (χ3n) is 3.28. The average molecular weight is 594 g/mol. The molecule has 0 radical (unpaired) electrons. The predicted octanol–water partition coefficient (Wildman–Crippen LogP) is 3.98. The van der Waals surface area contributed by atoms with E-state index in [0.29, 0.717) is 0 Å². The number of rotatable bonds is 0. The fourth-order valence-electron chi connectivity index (χ4n) is 1.76. The molecule has 2 bridgehead atoms. The lowest BCUT2D eigenvalue weighted by Crippen LogP contribution is -2.40. The van der Waals surface area contributed by atoms with Gasteiger partial charge in [0.25, 0.3) is 0 Å². The molecule has 0 aromatic heterocycles. The van der Waals surface area contributed by atoms with Crippen molar-refractivity contribution in [2.24, 2.45) is 30.9 Å². The van der Waals surface area contributed by atoms with Gasteiger partial charge in [-0.25, -0.2) is 0 Å². The second kappa shape index (κ2) is 13.9. The molecule has 12 nitrogen and oxygen atoms in total. The summed E-state index contributed by atoms with van der Waals surface area (Å²) in [5.74, 6) is 0. The summed E-state index contributed by atoms with van der Waals surface area (Å²) in [4.78, 5) is 0. The van der Waals surface area contributed by atoms with E-state index in [1.165, 1.54) is 0 Å². The van der Waals surface area contributed by atoms with Crippen LogP contribution in [0.4, 0.5) is 8.63 Å². The van der Waals surface area contributed by atoms with Gasteiger partial charge in [0, 0.05) is 0 Å². The van der Waals surface area contributed by atoms with Gasteiger partial charge in [0.15, 0.2) is 30.3 Å². The second-order valence-corrected chi connectivity index (χ2v) is 10.1. The Balaban J connectivity index is 2.79. The third-order valence-corrected chi connectivity index (χ3v) is 7.59. The molecular weight excluding hydrogens is 576 g/mol. The maximum absolute atomic E-state index is 15.6. The average Bonchev–Trinajstić information content (AvgIpc) is 2.84. The Bertz CT molecular complexity index is 746. The Labute approximate surface area is 219 Å². The highest BCUT2D eigenvalue weighted by Crippen LogP contribution is 2.24. The molecule has 0 atom stereocenters. The first-order chi connectivity index (χ1) is 16.3. The summed E-state index contributed by atoms with van der Waals surface area (Å²) in [6.07, 6.45) is 9.55. The monoisotopic (exact) mass is 594 g/mol. The Morgan fingerprint density at radius 3 is 0.676 bits per heavy atom. The molecule has 0 fully saturated rings. The lowest BCUT2D eigenvalue weighted by molar-refractivity contribution is 0.0228. The van der Waals surface area contributed by atoms with Gasteiger partial charge in [-0.15, -0.1) is 102 Å². The molecule has 0 saturated carbocycles. The van der Waals surface area contributed by atoms with Gasteiger partial charge < -0.3 is 37.2 Å². The van der Waals surface area contributed by atoms with Crippen LogP contribution in [0.3, 0.4) is 0 Å². The number of fused-ring (bicyclic) bond motifs is 9. The number of thioether (sulfide) groups is 6. The Kier molecular flexibility index (Phi) is 11.9. The summed E-state index contributed by atoms with van der Waals surface area (Å²) in [6.45, 7) is 0. The molecule has 3 aliphatic rings. The van der Waals surface area contributed by atoms with Crippen LogP contribution in [0.2, 0.25) is 0 Å². The van der Waals surface area contributed by atoms with E-state index in [-0.39, 0.29) is 30.3 Å². The van der Waals surface area contributed by atoms with Crippen LogP contribution in [0, 0.1) is 0 Å². The van der Waals surface area contributed by atoms with E-state index in [1.54, 1.807) is 37.5 Å². The third kappa shape index (κ3) is 7.97. The van der Waals surface area contributed by atoms with Crippen molar-refractivity contribution in [2.75, 3.05) is 37.5 Å². The van der Waals surface area contributed by atoms with Crippen molar-refractivity contribution in [3.8, 4) is 0 Å². The van der Waals surface area contributed by atoms with Crippen LogP contribution in [0.15, 0.2) is 30.9 Å². The fraction of sp³-hybridized carbons (Fsp3) is 0.500. The minimum absolute atomic E-state index is 0.0133. The summed E-state index contributed by atoms with van der Waals surface area (Å²) >= 11 is 5.94. The zero-order chi connectivity index (χ0) is 25.2. The number of nitrogens with zero attached hydrogens (tertiary/aromatic N) is 6. The van der Waals surface area contributed by atoms with Gasteiger partial charge in [0.05, 0.1) is 0 Å². The van der Waals surface area contributed by atoms with Crippen LogP contribution < -0.4 is 0 Å². The van der Waals surface area contributed by atoms with Crippen LogP contribution in [-0.4, -0.2) is 81.9 Å². The molecule has 3 rings (SSSR count). The summed E-state index contributed by atoms with van der Waals surface area (Å²) < 4.78 is 60.9. The number of hydrogen-bond donors (Lipinski definition) is 0. The molecule has 0 aromatic carbocycles. The molecule has 190 valence electrons. The van der Waals surface area contributed by atoms with Crippen LogP contribution in [0.25, 0.3) is 0 Å². The first kappa shape index (κ1) is 29.1. The van der Waals surface area contributed by atoms with Gasteiger partial charge in [-0.3, -0.25) is 0 Å². The lowest BCUT2D eigenvalue weighted by Gasteiger charge is -2.29. The van der Waals surface area contributed by atoms with Crippen molar-refractivity contribution in [3.05, 3.63) is 0 Å².